The molecule has 1 amide bonds. The van der Waals surface area contributed by atoms with Gasteiger partial charge in [0.05, 0.1) is 11.1 Å². The molecule has 0 spiro atoms. The fourth-order valence-electron chi connectivity index (χ4n) is 3.68. The van der Waals surface area contributed by atoms with Gasteiger partial charge in [-0.3, -0.25) is 9.69 Å². The minimum absolute atomic E-state index is 0.0403. The van der Waals surface area contributed by atoms with E-state index in [1.165, 1.54) is 36.4 Å². The first-order valence-corrected chi connectivity index (χ1v) is 14.3. The normalized spacial score (nSPS) is 15.8. The lowest BCUT2D eigenvalue weighted by Crippen LogP contribution is -2.48. The van der Waals surface area contributed by atoms with Gasteiger partial charge in [0.15, 0.2) is 15.8 Å². The number of amides is 1. The van der Waals surface area contributed by atoms with E-state index in [1.807, 2.05) is 6.92 Å². The standard InChI is InChI=1S/C22H29N5O6S2/c1-15(27-12-4-3-5-13-27)26-35(31,32)18-9-7-17(8-10-18)33-19-11-6-16(21(28)25-22(23)24)14-20(19)34(2,29)30/h6-11,14-15,26H,3-5,12-13H2,1-2H3,(H4,23,24,25,28). The molecule has 11 nitrogen and oxygen atoms in total. The van der Waals surface area contributed by atoms with Gasteiger partial charge in [-0.1, -0.05) is 6.42 Å². The Labute approximate surface area is 205 Å². The molecule has 5 N–H and O–H groups in total. The summed E-state index contributed by atoms with van der Waals surface area (Å²) in [6, 6.07) is 9.33. The minimum Gasteiger partial charge on any atom is -0.456 e. The first-order chi connectivity index (χ1) is 16.4. The molecule has 1 saturated heterocycles. The van der Waals surface area contributed by atoms with Crippen LogP contribution < -0.4 is 20.9 Å². The summed E-state index contributed by atoms with van der Waals surface area (Å²) in [4.78, 5) is 17.4. The van der Waals surface area contributed by atoms with E-state index in [0.29, 0.717) is 0 Å². The number of likely N-dealkylation sites (tertiary alicyclic amines) is 1. The SMILES string of the molecule is CC(NS(=O)(=O)c1ccc(Oc2ccc(C(=O)N=C(N)N)cc2S(C)(=O)=O)cc1)N1CCCCC1. The van der Waals surface area contributed by atoms with E-state index in [2.05, 4.69) is 14.6 Å². The second kappa shape index (κ2) is 10.7. The number of sulfonamides is 1. The smallest absolute Gasteiger partial charge is 0.280 e. The predicted octanol–water partition coefficient (Wildman–Crippen LogP) is 1.41. The Morgan fingerprint density at radius 3 is 2.23 bits per heavy atom. The molecule has 0 aliphatic carbocycles. The molecule has 1 atom stereocenters. The van der Waals surface area contributed by atoms with Crippen molar-refractivity contribution in [3.8, 4) is 11.5 Å². The van der Waals surface area contributed by atoms with Crippen LogP contribution in [-0.4, -0.2) is 59.1 Å². The Balaban J connectivity index is 1.80. The van der Waals surface area contributed by atoms with Crippen molar-refractivity contribution < 1.29 is 26.4 Å². The molecule has 1 aliphatic heterocycles. The summed E-state index contributed by atoms with van der Waals surface area (Å²) >= 11 is 0. The molecule has 3 rings (SSSR count). The number of benzene rings is 2. The molecule has 0 saturated carbocycles. The van der Waals surface area contributed by atoms with Crippen molar-refractivity contribution in [2.45, 2.75) is 42.1 Å². The Hall–Kier alpha value is -3.00. The summed E-state index contributed by atoms with van der Waals surface area (Å²) in [7, 11) is -7.56. The molecule has 2 aromatic rings. The van der Waals surface area contributed by atoms with E-state index < -0.39 is 31.7 Å². The molecule has 1 heterocycles. The highest BCUT2D eigenvalue weighted by molar-refractivity contribution is 7.90. The number of aliphatic imine (C=N–C) groups is 1. The number of piperidine rings is 1. The van der Waals surface area contributed by atoms with E-state index in [0.717, 1.165) is 44.7 Å². The maximum Gasteiger partial charge on any atom is 0.280 e. The molecule has 0 bridgehead atoms. The first-order valence-electron chi connectivity index (χ1n) is 10.9. The van der Waals surface area contributed by atoms with Gasteiger partial charge in [-0.2, -0.15) is 9.71 Å². The highest BCUT2D eigenvalue weighted by atomic mass is 32.2. The van der Waals surface area contributed by atoms with E-state index in [-0.39, 0.29) is 33.0 Å². The number of guanidine groups is 1. The highest BCUT2D eigenvalue weighted by Crippen LogP contribution is 2.31. The first kappa shape index (κ1) is 26.6. The molecule has 1 unspecified atom stereocenters. The van der Waals surface area contributed by atoms with Gasteiger partial charge in [-0.15, -0.1) is 0 Å². The summed E-state index contributed by atoms with van der Waals surface area (Å²) in [6.45, 7) is 3.50. The molecular formula is C22H29N5O6S2. The number of nitrogens with two attached hydrogens (primary N) is 2. The van der Waals surface area contributed by atoms with Crippen LogP contribution >= 0.6 is 0 Å². The summed E-state index contributed by atoms with van der Waals surface area (Å²) in [5.41, 5.74) is 10.4. The van der Waals surface area contributed by atoms with Gasteiger partial charge in [-0.25, -0.2) is 16.8 Å². The van der Waals surface area contributed by atoms with Crippen LogP contribution in [0.15, 0.2) is 57.2 Å². The van der Waals surface area contributed by atoms with Crippen molar-refractivity contribution in [3.05, 3.63) is 48.0 Å². The zero-order valence-electron chi connectivity index (χ0n) is 19.5. The van der Waals surface area contributed by atoms with Crippen LogP contribution in [0.3, 0.4) is 0 Å². The highest BCUT2D eigenvalue weighted by Gasteiger charge is 2.23. The van der Waals surface area contributed by atoms with Crippen molar-refractivity contribution in [1.82, 2.24) is 9.62 Å². The average molecular weight is 524 g/mol. The fraction of sp³-hybridized carbons (Fsp3) is 0.364. The number of nitrogens with zero attached hydrogens (tertiary/aromatic N) is 2. The van der Waals surface area contributed by atoms with Crippen molar-refractivity contribution >= 4 is 31.7 Å². The van der Waals surface area contributed by atoms with Gasteiger partial charge in [0.25, 0.3) is 5.91 Å². The van der Waals surface area contributed by atoms with Gasteiger partial charge in [0.2, 0.25) is 10.0 Å². The van der Waals surface area contributed by atoms with Gasteiger partial charge in [0, 0.05) is 11.8 Å². The predicted molar refractivity (Wildman–Crippen MR) is 131 cm³/mol. The fourth-order valence-corrected chi connectivity index (χ4v) is 5.73. The summed E-state index contributed by atoms with van der Waals surface area (Å²) in [5.74, 6) is -1.09. The molecule has 2 aromatic carbocycles. The van der Waals surface area contributed by atoms with E-state index in [1.54, 1.807) is 0 Å². The molecular weight excluding hydrogens is 494 g/mol. The number of rotatable bonds is 8. The molecule has 1 aliphatic rings. The number of hydrogen-bond acceptors (Lipinski definition) is 7. The quantitative estimate of drug-likeness (QED) is 0.341. The third-order valence-electron chi connectivity index (χ3n) is 5.45. The monoisotopic (exact) mass is 523 g/mol. The lowest BCUT2D eigenvalue weighted by Gasteiger charge is -2.32. The van der Waals surface area contributed by atoms with Gasteiger partial charge >= 0.3 is 0 Å². The Morgan fingerprint density at radius 2 is 1.66 bits per heavy atom. The Kier molecular flexibility index (Phi) is 8.15. The van der Waals surface area contributed by atoms with Crippen LogP contribution in [0.4, 0.5) is 0 Å². The van der Waals surface area contributed by atoms with Crippen molar-refractivity contribution in [2.24, 2.45) is 16.5 Å². The van der Waals surface area contributed by atoms with Crippen LogP contribution in [0.5, 0.6) is 11.5 Å². The average Bonchev–Trinajstić information content (AvgIpc) is 2.79. The van der Waals surface area contributed by atoms with Gasteiger partial charge in [-0.05, 0) is 75.3 Å². The molecule has 0 radical (unpaired) electrons. The van der Waals surface area contributed by atoms with Gasteiger partial charge in [0.1, 0.15) is 16.4 Å². The van der Waals surface area contributed by atoms with Crippen LogP contribution in [-0.2, 0) is 19.9 Å². The van der Waals surface area contributed by atoms with Crippen LogP contribution in [0, 0.1) is 0 Å². The lowest BCUT2D eigenvalue weighted by atomic mass is 10.1. The van der Waals surface area contributed by atoms with Crippen LogP contribution in [0.25, 0.3) is 0 Å². The maximum atomic E-state index is 12.8. The lowest BCUT2D eigenvalue weighted by molar-refractivity contribution is 0.100. The topological polar surface area (TPSA) is 174 Å². The van der Waals surface area contributed by atoms with Gasteiger partial charge < -0.3 is 16.2 Å². The number of sulfone groups is 1. The number of hydrogen-bond donors (Lipinski definition) is 3. The Bertz CT molecular complexity index is 1310. The number of ether oxygens (including phenoxy) is 1. The second-order valence-corrected chi connectivity index (χ2v) is 11.9. The van der Waals surface area contributed by atoms with Crippen molar-refractivity contribution in [2.75, 3.05) is 19.3 Å². The molecule has 35 heavy (non-hydrogen) atoms. The van der Waals surface area contributed by atoms with E-state index >= 15 is 0 Å². The number of nitrogens with one attached hydrogen (secondary N) is 1. The van der Waals surface area contributed by atoms with Crippen molar-refractivity contribution in [1.29, 1.82) is 0 Å². The zero-order valence-corrected chi connectivity index (χ0v) is 21.1. The molecule has 13 heteroatoms. The summed E-state index contributed by atoms with van der Waals surface area (Å²) in [6.07, 6.45) is 3.85. The van der Waals surface area contributed by atoms with E-state index in [9.17, 15) is 21.6 Å². The second-order valence-electron chi connectivity index (χ2n) is 8.24. The zero-order chi connectivity index (χ0) is 25.8. The minimum atomic E-state index is -3.79. The largest absolute Gasteiger partial charge is 0.456 e. The number of carbonyl (C=O) groups excluding carboxylic acids is 1. The maximum absolute atomic E-state index is 12.8. The van der Waals surface area contributed by atoms with Crippen LogP contribution in [0.2, 0.25) is 0 Å². The van der Waals surface area contributed by atoms with E-state index in [4.69, 9.17) is 16.2 Å². The molecule has 1 fully saturated rings. The van der Waals surface area contributed by atoms with Crippen LogP contribution in [0.1, 0.15) is 36.5 Å². The molecule has 190 valence electrons. The third-order valence-corrected chi connectivity index (χ3v) is 8.11. The summed E-state index contributed by atoms with van der Waals surface area (Å²) in [5, 5.41) is 0. The van der Waals surface area contributed by atoms with Crippen molar-refractivity contribution in [3.63, 3.8) is 0 Å². The Morgan fingerprint density at radius 1 is 1.03 bits per heavy atom. The summed E-state index contributed by atoms with van der Waals surface area (Å²) < 4.78 is 58.6. The number of carbonyl (C=O) groups is 1. The third kappa shape index (κ3) is 7.01. The molecule has 0 aromatic heterocycles.